The predicted molar refractivity (Wildman–Crippen MR) is 71.8 cm³/mol. The number of primary sulfonamides is 1. The Morgan fingerprint density at radius 2 is 2.11 bits per heavy atom. The van der Waals surface area contributed by atoms with Crippen molar-refractivity contribution >= 4 is 21.4 Å². The fourth-order valence-electron chi connectivity index (χ4n) is 1.55. The van der Waals surface area contributed by atoms with E-state index in [1.165, 1.54) is 6.07 Å². The Labute approximate surface area is 107 Å². The molecule has 0 amide bonds. The summed E-state index contributed by atoms with van der Waals surface area (Å²) in [6.07, 6.45) is 0.841. The predicted octanol–water partition coefficient (Wildman–Crippen LogP) is 0.753. The molecule has 0 saturated carbocycles. The van der Waals surface area contributed by atoms with Gasteiger partial charge < -0.3 is 15.8 Å². The summed E-state index contributed by atoms with van der Waals surface area (Å²) in [6, 6.07) is 4.79. The lowest BCUT2D eigenvalue weighted by Gasteiger charge is -2.15. The topological polar surface area (TPSA) is 107 Å². The number of methoxy groups -OCH3 is 1. The minimum atomic E-state index is -3.77. The van der Waals surface area contributed by atoms with Gasteiger partial charge in [-0.2, -0.15) is 0 Å². The highest BCUT2D eigenvalue weighted by Gasteiger charge is 2.12. The van der Waals surface area contributed by atoms with Crippen LogP contribution in [0.4, 0.5) is 11.4 Å². The van der Waals surface area contributed by atoms with Gasteiger partial charge in [0.2, 0.25) is 10.0 Å². The second-order valence-electron chi connectivity index (χ2n) is 4.12. The molecule has 1 unspecified atom stereocenters. The average Bonchev–Trinajstić information content (AvgIpc) is 2.24. The third-order valence-electron chi connectivity index (χ3n) is 2.48. The average molecular weight is 273 g/mol. The molecule has 0 bridgehead atoms. The van der Waals surface area contributed by atoms with Gasteiger partial charge in [0, 0.05) is 25.4 Å². The van der Waals surface area contributed by atoms with Crippen molar-refractivity contribution in [3.63, 3.8) is 0 Å². The van der Waals surface area contributed by atoms with Crippen molar-refractivity contribution < 1.29 is 13.2 Å². The molecule has 1 atom stereocenters. The summed E-state index contributed by atoms with van der Waals surface area (Å²) in [4.78, 5) is -0.0578. The van der Waals surface area contributed by atoms with Crippen LogP contribution in [0.1, 0.15) is 13.3 Å². The molecular weight excluding hydrogens is 254 g/mol. The summed E-state index contributed by atoms with van der Waals surface area (Å²) in [5, 5.41) is 8.23. The molecule has 0 aromatic heterocycles. The van der Waals surface area contributed by atoms with E-state index in [1.807, 2.05) is 6.92 Å². The molecule has 0 aliphatic heterocycles. The fourth-order valence-corrected chi connectivity index (χ4v) is 2.19. The molecule has 0 aliphatic rings. The highest BCUT2D eigenvalue weighted by atomic mass is 32.2. The van der Waals surface area contributed by atoms with E-state index in [4.69, 9.17) is 15.6 Å². The van der Waals surface area contributed by atoms with E-state index < -0.39 is 10.0 Å². The number of benzene rings is 1. The van der Waals surface area contributed by atoms with E-state index in [2.05, 4.69) is 5.32 Å². The molecule has 18 heavy (non-hydrogen) atoms. The van der Waals surface area contributed by atoms with E-state index in [0.29, 0.717) is 6.61 Å². The molecule has 0 fully saturated rings. The Balaban J connectivity index is 2.79. The van der Waals surface area contributed by atoms with Gasteiger partial charge >= 0.3 is 0 Å². The zero-order valence-electron chi connectivity index (χ0n) is 10.5. The van der Waals surface area contributed by atoms with Crippen LogP contribution in [0, 0.1) is 0 Å². The lowest BCUT2D eigenvalue weighted by Crippen LogP contribution is -2.18. The number of sulfonamides is 1. The van der Waals surface area contributed by atoms with Crippen molar-refractivity contribution in [1.29, 1.82) is 0 Å². The summed E-state index contributed by atoms with van der Waals surface area (Å²) in [7, 11) is -2.12. The second kappa shape index (κ2) is 6.03. The maximum atomic E-state index is 11.2. The number of hydrogen-bond acceptors (Lipinski definition) is 5. The van der Waals surface area contributed by atoms with Crippen molar-refractivity contribution in [2.75, 3.05) is 24.8 Å². The molecule has 0 aliphatic carbocycles. The van der Waals surface area contributed by atoms with Gasteiger partial charge in [0.25, 0.3) is 0 Å². The molecule has 0 radical (unpaired) electrons. The number of nitrogen functional groups attached to an aromatic ring is 1. The number of ether oxygens (including phenoxy) is 1. The van der Waals surface area contributed by atoms with E-state index in [9.17, 15) is 8.42 Å². The number of nitrogens with two attached hydrogens (primary N) is 2. The zero-order valence-corrected chi connectivity index (χ0v) is 11.3. The lowest BCUT2D eigenvalue weighted by atomic mass is 10.2. The molecule has 7 heteroatoms. The quantitative estimate of drug-likeness (QED) is 0.663. The van der Waals surface area contributed by atoms with Gasteiger partial charge in [0.15, 0.2) is 0 Å². The lowest BCUT2D eigenvalue weighted by molar-refractivity contribution is 0.191. The van der Waals surface area contributed by atoms with E-state index in [0.717, 1.165) is 12.1 Å². The zero-order chi connectivity index (χ0) is 13.8. The summed E-state index contributed by atoms with van der Waals surface area (Å²) in [5.41, 5.74) is 6.55. The molecule has 1 aromatic carbocycles. The van der Waals surface area contributed by atoms with Crippen LogP contribution < -0.4 is 16.2 Å². The summed E-state index contributed by atoms with van der Waals surface area (Å²) >= 11 is 0. The maximum absolute atomic E-state index is 11.2. The van der Waals surface area contributed by atoms with E-state index in [1.54, 1.807) is 19.2 Å². The monoisotopic (exact) mass is 273 g/mol. The first kappa shape index (κ1) is 14.7. The Hall–Kier alpha value is -1.31. The van der Waals surface area contributed by atoms with Gasteiger partial charge in [0.1, 0.15) is 4.90 Å². The van der Waals surface area contributed by atoms with Gasteiger partial charge in [-0.15, -0.1) is 0 Å². The molecule has 0 heterocycles. The van der Waals surface area contributed by atoms with Crippen LogP contribution in [-0.4, -0.2) is 28.2 Å². The van der Waals surface area contributed by atoms with Crippen molar-refractivity contribution in [3.05, 3.63) is 18.2 Å². The molecule has 102 valence electrons. The molecule has 0 spiro atoms. The number of anilines is 2. The SMILES string of the molecule is COCCC(C)Nc1ccc(S(N)(=O)=O)c(N)c1. The fraction of sp³-hybridized carbons (Fsp3) is 0.455. The third kappa shape index (κ3) is 4.17. The van der Waals surface area contributed by atoms with E-state index >= 15 is 0 Å². The van der Waals surface area contributed by atoms with Gasteiger partial charge in [-0.05, 0) is 31.5 Å². The normalized spacial score (nSPS) is 13.3. The molecule has 1 rings (SSSR count). The van der Waals surface area contributed by atoms with Crippen molar-refractivity contribution in [1.82, 2.24) is 0 Å². The highest BCUT2D eigenvalue weighted by Crippen LogP contribution is 2.22. The molecular formula is C11H19N3O3S. The molecule has 0 saturated heterocycles. The Morgan fingerprint density at radius 3 is 2.61 bits per heavy atom. The molecule has 5 N–H and O–H groups in total. The standard InChI is InChI=1S/C11H19N3O3S/c1-8(5-6-17-2)14-9-3-4-11(10(12)7-9)18(13,15)16/h3-4,7-8,14H,5-6,12H2,1-2H3,(H2,13,15,16). The molecule has 1 aromatic rings. The maximum Gasteiger partial charge on any atom is 0.240 e. The van der Waals surface area contributed by atoms with Crippen LogP contribution in [0.15, 0.2) is 23.1 Å². The Kier molecular flexibility index (Phi) is 4.94. The van der Waals surface area contributed by atoms with Crippen LogP contribution in [0.3, 0.4) is 0 Å². The van der Waals surface area contributed by atoms with Crippen LogP contribution in [0.5, 0.6) is 0 Å². The van der Waals surface area contributed by atoms with Gasteiger partial charge in [-0.3, -0.25) is 0 Å². The number of hydrogen-bond donors (Lipinski definition) is 3. The summed E-state index contributed by atoms with van der Waals surface area (Å²) < 4.78 is 27.4. The Morgan fingerprint density at radius 1 is 1.44 bits per heavy atom. The van der Waals surface area contributed by atoms with Crippen LogP contribution in [0.25, 0.3) is 0 Å². The van der Waals surface area contributed by atoms with Gasteiger partial charge in [-0.25, -0.2) is 13.6 Å². The second-order valence-corrected chi connectivity index (χ2v) is 5.65. The number of rotatable bonds is 6. The van der Waals surface area contributed by atoms with E-state index in [-0.39, 0.29) is 16.6 Å². The van der Waals surface area contributed by atoms with Crippen LogP contribution in [-0.2, 0) is 14.8 Å². The first-order chi connectivity index (χ1) is 8.34. The minimum absolute atomic E-state index is 0.0578. The summed E-state index contributed by atoms with van der Waals surface area (Å²) in [6.45, 7) is 2.65. The first-order valence-corrected chi connectivity index (χ1v) is 7.07. The first-order valence-electron chi connectivity index (χ1n) is 5.52. The van der Waals surface area contributed by atoms with Crippen LogP contribution >= 0.6 is 0 Å². The van der Waals surface area contributed by atoms with Crippen molar-refractivity contribution in [2.45, 2.75) is 24.3 Å². The smallest absolute Gasteiger partial charge is 0.240 e. The third-order valence-corrected chi connectivity index (χ3v) is 3.47. The summed E-state index contributed by atoms with van der Waals surface area (Å²) in [5.74, 6) is 0. The largest absolute Gasteiger partial charge is 0.398 e. The van der Waals surface area contributed by atoms with Gasteiger partial charge in [-0.1, -0.05) is 0 Å². The van der Waals surface area contributed by atoms with Crippen LogP contribution in [0.2, 0.25) is 0 Å². The van der Waals surface area contributed by atoms with Gasteiger partial charge in [0.05, 0.1) is 5.69 Å². The van der Waals surface area contributed by atoms with Crippen molar-refractivity contribution in [3.8, 4) is 0 Å². The minimum Gasteiger partial charge on any atom is -0.398 e. The van der Waals surface area contributed by atoms with Crippen molar-refractivity contribution in [2.24, 2.45) is 5.14 Å². The molecule has 6 nitrogen and oxygen atoms in total. The number of nitrogens with one attached hydrogen (secondary N) is 1. The highest BCUT2D eigenvalue weighted by molar-refractivity contribution is 7.89. The Bertz CT molecular complexity index is 502.